The Morgan fingerprint density at radius 1 is 1.40 bits per heavy atom. The number of nitro benzene ring substituents is 1. The first-order valence-electron chi connectivity index (χ1n) is 6.29. The van der Waals surface area contributed by atoms with Gasteiger partial charge in [0.05, 0.1) is 23.1 Å². The summed E-state index contributed by atoms with van der Waals surface area (Å²) in [7, 11) is 0. The zero-order valence-corrected chi connectivity index (χ0v) is 11.3. The molecule has 0 saturated heterocycles. The number of non-ortho nitro benzene ring substituents is 1. The summed E-state index contributed by atoms with van der Waals surface area (Å²) in [5, 5.41) is 23.9. The number of rotatable bonds is 5. The molecular weight excluding hydrogens is 260 g/mol. The quantitative estimate of drug-likeness (QED) is 0.639. The lowest BCUT2D eigenvalue weighted by molar-refractivity contribution is -0.384. The fourth-order valence-electron chi connectivity index (χ4n) is 1.87. The van der Waals surface area contributed by atoms with Gasteiger partial charge in [0.1, 0.15) is 12.1 Å². The molecule has 0 aliphatic carbocycles. The molecule has 1 aromatic carbocycles. The van der Waals surface area contributed by atoms with Gasteiger partial charge in [-0.25, -0.2) is 9.97 Å². The van der Waals surface area contributed by atoms with Crippen LogP contribution in [-0.2, 0) is 0 Å². The molecule has 7 heteroatoms. The molecule has 0 unspecified atom stereocenters. The van der Waals surface area contributed by atoms with Crippen LogP contribution in [0.25, 0.3) is 10.9 Å². The van der Waals surface area contributed by atoms with Gasteiger partial charge >= 0.3 is 0 Å². The van der Waals surface area contributed by atoms with Crippen LogP contribution in [0.4, 0.5) is 11.5 Å². The van der Waals surface area contributed by atoms with Crippen LogP contribution in [0, 0.1) is 16.0 Å². The van der Waals surface area contributed by atoms with E-state index in [4.69, 9.17) is 0 Å². The van der Waals surface area contributed by atoms with Gasteiger partial charge in [-0.15, -0.1) is 0 Å². The fraction of sp³-hybridized carbons (Fsp3) is 0.385. The van der Waals surface area contributed by atoms with E-state index in [1.54, 1.807) is 6.07 Å². The van der Waals surface area contributed by atoms with E-state index in [0.717, 1.165) is 0 Å². The number of aliphatic hydroxyl groups excluding tert-OH is 1. The van der Waals surface area contributed by atoms with E-state index in [0.29, 0.717) is 16.7 Å². The lowest BCUT2D eigenvalue weighted by Crippen LogP contribution is -2.29. The largest absolute Gasteiger partial charge is 0.394 e. The molecule has 1 atom stereocenters. The number of nitrogens with zero attached hydrogens (tertiary/aromatic N) is 3. The number of hydrogen-bond donors (Lipinski definition) is 2. The van der Waals surface area contributed by atoms with Gasteiger partial charge in [-0.3, -0.25) is 10.1 Å². The lowest BCUT2D eigenvalue weighted by Gasteiger charge is -2.21. The van der Waals surface area contributed by atoms with Gasteiger partial charge < -0.3 is 10.4 Å². The minimum absolute atomic E-state index is 0.0135. The zero-order chi connectivity index (χ0) is 14.7. The number of fused-ring (bicyclic) bond motifs is 1. The minimum Gasteiger partial charge on any atom is -0.394 e. The van der Waals surface area contributed by atoms with Crippen molar-refractivity contribution in [2.75, 3.05) is 11.9 Å². The predicted molar refractivity (Wildman–Crippen MR) is 75.5 cm³/mol. The van der Waals surface area contributed by atoms with E-state index in [1.807, 2.05) is 13.8 Å². The molecule has 2 aromatic rings. The van der Waals surface area contributed by atoms with Gasteiger partial charge in [0.25, 0.3) is 5.69 Å². The van der Waals surface area contributed by atoms with E-state index in [-0.39, 0.29) is 24.3 Å². The molecule has 0 spiro atoms. The van der Waals surface area contributed by atoms with Crippen LogP contribution >= 0.6 is 0 Å². The van der Waals surface area contributed by atoms with Crippen LogP contribution in [0.2, 0.25) is 0 Å². The highest BCUT2D eigenvalue weighted by Gasteiger charge is 2.16. The summed E-state index contributed by atoms with van der Waals surface area (Å²) in [6.07, 6.45) is 1.39. The minimum atomic E-state index is -0.456. The van der Waals surface area contributed by atoms with Crippen LogP contribution in [0.15, 0.2) is 24.5 Å². The van der Waals surface area contributed by atoms with Crippen LogP contribution in [0.1, 0.15) is 13.8 Å². The highest BCUT2D eigenvalue weighted by atomic mass is 16.6. The van der Waals surface area contributed by atoms with Crippen LogP contribution in [-0.4, -0.2) is 32.6 Å². The van der Waals surface area contributed by atoms with Crippen molar-refractivity contribution < 1.29 is 10.0 Å². The van der Waals surface area contributed by atoms with E-state index >= 15 is 0 Å². The maximum absolute atomic E-state index is 10.8. The van der Waals surface area contributed by atoms with Crippen molar-refractivity contribution in [3.63, 3.8) is 0 Å². The van der Waals surface area contributed by atoms with Gasteiger partial charge in [0, 0.05) is 17.5 Å². The van der Waals surface area contributed by atoms with Crippen LogP contribution < -0.4 is 5.32 Å². The van der Waals surface area contributed by atoms with E-state index < -0.39 is 4.92 Å². The Balaban J connectivity index is 2.46. The third-order valence-electron chi connectivity index (χ3n) is 3.15. The first-order chi connectivity index (χ1) is 9.52. The number of hydrogen-bond acceptors (Lipinski definition) is 6. The normalized spacial score (nSPS) is 12.6. The molecule has 7 nitrogen and oxygen atoms in total. The molecule has 0 aliphatic rings. The molecule has 1 aromatic heterocycles. The summed E-state index contributed by atoms with van der Waals surface area (Å²) < 4.78 is 0. The summed E-state index contributed by atoms with van der Waals surface area (Å²) in [6.45, 7) is 3.90. The highest BCUT2D eigenvalue weighted by Crippen LogP contribution is 2.25. The summed E-state index contributed by atoms with van der Waals surface area (Å²) in [6, 6.07) is 4.26. The molecule has 0 radical (unpaired) electrons. The molecule has 0 bridgehead atoms. The average Bonchev–Trinajstić information content (AvgIpc) is 2.43. The van der Waals surface area contributed by atoms with E-state index in [1.165, 1.54) is 18.5 Å². The second-order valence-corrected chi connectivity index (χ2v) is 4.86. The Morgan fingerprint density at radius 3 is 2.75 bits per heavy atom. The SMILES string of the molecule is CC(C)[C@@H](CO)Nc1ncnc2ccc([N+](=O)[O-])cc12. The Morgan fingerprint density at radius 2 is 2.15 bits per heavy atom. The van der Waals surface area contributed by atoms with Crippen molar-refractivity contribution >= 4 is 22.4 Å². The molecular formula is C13H16N4O3. The van der Waals surface area contributed by atoms with E-state index in [9.17, 15) is 15.2 Å². The first kappa shape index (κ1) is 14.1. The van der Waals surface area contributed by atoms with Crippen molar-refractivity contribution in [2.45, 2.75) is 19.9 Å². The monoisotopic (exact) mass is 276 g/mol. The third-order valence-corrected chi connectivity index (χ3v) is 3.15. The maximum atomic E-state index is 10.8. The number of anilines is 1. The number of nitro groups is 1. The van der Waals surface area contributed by atoms with Crippen molar-refractivity contribution in [1.82, 2.24) is 9.97 Å². The Kier molecular flexibility index (Phi) is 4.09. The van der Waals surface area contributed by atoms with Crippen molar-refractivity contribution in [2.24, 2.45) is 5.92 Å². The topological polar surface area (TPSA) is 101 Å². The molecule has 1 heterocycles. The smallest absolute Gasteiger partial charge is 0.270 e. The standard InChI is InChI=1S/C13H16N4O3/c1-8(2)12(6-18)16-13-10-5-9(17(19)20)3-4-11(10)14-7-15-13/h3-5,7-8,12,18H,6H2,1-2H3,(H,14,15,16)/t12-/m1/s1. The Labute approximate surface area is 115 Å². The van der Waals surface area contributed by atoms with Gasteiger partial charge in [-0.1, -0.05) is 13.8 Å². The van der Waals surface area contributed by atoms with Gasteiger partial charge in [-0.05, 0) is 12.0 Å². The number of nitrogens with one attached hydrogen (secondary N) is 1. The molecule has 20 heavy (non-hydrogen) atoms. The number of benzene rings is 1. The fourth-order valence-corrected chi connectivity index (χ4v) is 1.87. The second-order valence-electron chi connectivity index (χ2n) is 4.86. The van der Waals surface area contributed by atoms with Crippen molar-refractivity contribution in [1.29, 1.82) is 0 Å². The second kappa shape index (κ2) is 5.79. The summed E-state index contributed by atoms with van der Waals surface area (Å²) in [5.74, 6) is 0.690. The molecule has 2 rings (SSSR count). The highest BCUT2D eigenvalue weighted by molar-refractivity contribution is 5.90. The van der Waals surface area contributed by atoms with Crippen LogP contribution in [0.5, 0.6) is 0 Å². The molecule has 0 saturated carbocycles. The molecule has 0 fully saturated rings. The molecule has 0 aliphatic heterocycles. The Hall–Kier alpha value is -2.28. The lowest BCUT2D eigenvalue weighted by atomic mass is 10.1. The predicted octanol–water partition coefficient (Wildman–Crippen LogP) is 1.97. The first-order valence-corrected chi connectivity index (χ1v) is 6.29. The Bertz CT molecular complexity index is 630. The number of aliphatic hydroxyl groups is 1. The van der Waals surface area contributed by atoms with Gasteiger partial charge in [0.15, 0.2) is 0 Å². The third kappa shape index (κ3) is 2.83. The molecule has 2 N–H and O–H groups in total. The number of aromatic nitrogens is 2. The zero-order valence-electron chi connectivity index (χ0n) is 11.3. The van der Waals surface area contributed by atoms with Crippen molar-refractivity contribution in [3.05, 3.63) is 34.6 Å². The summed E-state index contributed by atoms with van der Waals surface area (Å²) in [5.41, 5.74) is 0.606. The summed E-state index contributed by atoms with van der Waals surface area (Å²) >= 11 is 0. The van der Waals surface area contributed by atoms with Crippen molar-refractivity contribution in [3.8, 4) is 0 Å². The molecule has 0 amide bonds. The molecule has 106 valence electrons. The van der Waals surface area contributed by atoms with E-state index in [2.05, 4.69) is 15.3 Å². The van der Waals surface area contributed by atoms with Gasteiger partial charge in [0.2, 0.25) is 0 Å². The van der Waals surface area contributed by atoms with Crippen LogP contribution in [0.3, 0.4) is 0 Å². The van der Waals surface area contributed by atoms with Gasteiger partial charge in [-0.2, -0.15) is 0 Å². The average molecular weight is 276 g/mol. The summed E-state index contributed by atoms with van der Waals surface area (Å²) in [4.78, 5) is 18.6. The maximum Gasteiger partial charge on any atom is 0.270 e.